The van der Waals surface area contributed by atoms with Crippen molar-refractivity contribution >= 4 is 60.6 Å². The Kier molecular flexibility index (Phi) is 55.0. The van der Waals surface area contributed by atoms with Crippen LogP contribution < -0.4 is 18.9 Å². The summed E-state index contributed by atoms with van der Waals surface area (Å²) in [6, 6.07) is 83.1. The van der Waals surface area contributed by atoms with E-state index in [0.29, 0.717) is 24.0 Å². The fourth-order valence-electron chi connectivity index (χ4n) is 10.3. The van der Waals surface area contributed by atoms with Crippen molar-refractivity contribution in [2.45, 2.75) is 235 Å². The minimum Gasteiger partial charge on any atom is -0.748 e. The SMILES string of the molecule is C.C.C.C.C.C.C.C.CCC(C)(C)C(=O)OC(C)c1ccccc1.CCC(C)(C)C(=O)OCC(=O)OC(CS(=O)(=O)[O-])C(F)(F)F.CCC(C)c1ccc(O)cc1.CCC(C)c1ccc2ccccc2c1.COc1cccc([S+](c2cccc(C)c2)c2cccc(OC)c2)c1.COc1cccc([S+](c2cccc(C)c2)c2cccc(OC)c2)c1. The van der Waals surface area contributed by atoms with Crippen molar-refractivity contribution in [2.24, 2.45) is 10.8 Å². The number of carbonyl (C=O) groups excluding carboxylic acids is 3. The van der Waals surface area contributed by atoms with E-state index >= 15 is 0 Å². The van der Waals surface area contributed by atoms with Crippen LogP contribution in [0.25, 0.3) is 10.8 Å². The van der Waals surface area contributed by atoms with Gasteiger partial charge in [-0.3, -0.25) is 9.59 Å². The van der Waals surface area contributed by atoms with Gasteiger partial charge in [-0.05, 0) is 210 Å². The molecule has 0 spiro atoms. The number of ether oxygens (including phenoxy) is 7. The molecule has 0 aliphatic rings. The molecule has 0 saturated carbocycles. The molecule has 10 aromatic rings. The van der Waals surface area contributed by atoms with Crippen molar-refractivity contribution in [2.75, 3.05) is 40.8 Å². The van der Waals surface area contributed by atoms with Crippen LogP contribution in [0.5, 0.6) is 28.7 Å². The second-order valence-electron chi connectivity index (χ2n) is 27.5. The zero-order valence-corrected chi connectivity index (χ0v) is 69.2. The molecule has 658 valence electrons. The Hall–Kier alpha value is -9.73. The molecule has 0 heterocycles. The number of phenols is 1. The lowest BCUT2D eigenvalue weighted by Gasteiger charge is -2.23. The summed E-state index contributed by atoms with van der Waals surface area (Å²) >= 11 is 0. The van der Waals surface area contributed by atoms with Crippen molar-refractivity contribution in [1.82, 2.24) is 0 Å². The monoisotopic (exact) mass is 1710 g/mol. The summed E-state index contributed by atoms with van der Waals surface area (Å²) in [4.78, 5) is 42.1. The van der Waals surface area contributed by atoms with E-state index in [-0.39, 0.29) is 93.3 Å². The number of rotatable bonds is 25. The second-order valence-corrected chi connectivity index (χ2v) is 33.0. The maximum atomic E-state index is 12.5. The van der Waals surface area contributed by atoms with Crippen LogP contribution in [0.15, 0.2) is 272 Å². The molecule has 0 bridgehead atoms. The standard InChI is InChI=1S/2C21H21O2S.C14H20O2.C14H16.C11H17F3O7S.C10H14O.8CH4/c2*1-16-7-4-10-19(13-16)24(20-11-5-8-17(14-20)22-2)21-12-6-9-18(15-21)23-3;1-5-14(3,4)13(15)16-11(2)12-9-7-6-8-10-12;1-3-11(2)13-9-8-12-6-4-5-7-14(12)10-13;1-4-10(2,3)9(16)20-5-8(15)21-7(11(12,13)14)6-22(17,18)19;1-3-8(2)9-4-6-10(11)7-5-9;;;;;;;;/h2*4-15H,1-3H3;6-11H,5H2,1-4H3;4-11H,3H2,1-2H3;7H,4-6H2,1-3H3,(H,17,18,19);4-8,11H,3H2,1-2H3;8*1H4/q2*+1;;;;;;;;;;;;/p-1. The molecule has 119 heavy (non-hydrogen) atoms. The molecular weight excluding hydrogens is 1570 g/mol. The Morgan fingerprint density at radius 3 is 1.12 bits per heavy atom. The van der Waals surface area contributed by atoms with Crippen LogP contribution >= 0.6 is 0 Å². The number of hydrogen-bond donors (Lipinski definition) is 1. The Morgan fingerprint density at radius 2 is 0.765 bits per heavy atom. The first-order valence-electron chi connectivity index (χ1n) is 36.7. The van der Waals surface area contributed by atoms with Crippen molar-refractivity contribution in [3.8, 4) is 28.7 Å². The molecule has 0 radical (unpaired) electrons. The predicted molar refractivity (Wildman–Crippen MR) is 493 cm³/mol. The summed E-state index contributed by atoms with van der Waals surface area (Å²) in [6.07, 6.45) is -5.03. The first-order valence-corrected chi connectivity index (χ1v) is 40.7. The number of methoxy groups -OCH3 is 4. The number of phenolic OH excluding ortho intramolecular Hbond substituents is 1. The lowest BCUT2D eigenvalue weighted by molar-refractivity contribution is -0.217. The van der Waals surface area contributed by atoms with Gasteiger partial charge in [0.15, 0.2) is 36.0 Å². The summed E-state index contributed by atoms with van der Waals surface area (Å²) in [5, 5.41) is 11.7. The average Bonchev–Trinajstić information content (AvgIpc) is 0.805. The predicted octanol–water partition coefficient (Wildman–Crippen LogP) is 27.3. The van der Waals surface area contributed by atoms with Gasteiger partial charge in [-0.25, -0.2) is 13.2 Å². The maximum absolute atomic E-state index is 12.5. The van der Waals surface area contributed by atoms with Gasteiger partial charge in [0.1, 0.15) is 34.9 Å². The minimum absolute atomic E-state index is 0. The summed E-state index contributed by atoms with van der Waals surface area (Å²) in [5.41, 5.74) is 4.95. The zero-order chi connectivity index (χ0) is 82.1. The number of aromatic hydroxyl groups is 1. The third kappa shape index (κ3) is 38.5. The summed E-state index contributed by atoms with van der Waals surface area (Å²) < 4.78 is 104. The molecule has 0 aromatic heterocycles. The molecule has 4 unspecified atom stereocenters. The number of alkyl halides is 3. The van der Waals surface area contributed by atoms with Gasteiger partial charge in [-0.2, -0.15) is 13.2 Å². The topological polar surface area (TPSA) is 193 Å². The van der Waals surface area contributed by atoms with E-state index in [1.165, 1.54) is 82.7 Å². The van der Waals surface area contributed by atoms with E-state index in [1.54, 1.807) is 47.5 Å². The van der Waals surface area contributed by atoms with E-state index in [1.807, 2.05) is 119 Å². The van der Waals surface area contributed by atoms with Crippen LogP contribution in [0.2, 0.25) is 0 Å². The molecule has 10 rings (SSSR count). The normalized spacial score (nSPS) is 11.5. The van der Waals surface area contributed by atoms with E-state index in [4.69, 9.17) is 28.8 Å². The first kappa shape index (κ1) is 116. The van der Waals surface area contributed by atoms with E-state index in [9.17, 15) is 40.5 Å². The fourth-order valence-corrected chi connectivity index (χ4v) is 15.4. The van der Waals surface area contributed by atoms with E-state index in [2.05, 4.69) is 191 Å². The average molecular weight is 1710 g/mol. The van der Waals surface area contributed by atoms with Crippen molar-refractivity contribution in [3.05, 3.63) is 270 Å². The highest BCUT2D eigenvalue weighted by Crippen LogP contribution is 2.38. The number of hydrogen-bond acceptors (Lipinski definition) is 14. The lowest BCUT2D eigenvalue weighted by atomic mass is 9.90. The molecular formula is C99H140F3O14S3+. The number of aryl methyl sites for hydroxylation is 2. The van der Waals surface area contributed by atoms with Crippen LogP contribution in [-0.4, -0.2) is 89.1 Å². The van der Waals surface area contributed by atoms with Crippen molar-refractivity contribution in [1.29, 1.82) is 0 Å². The molecule has 0 aliphatic heterocycles. The van der Waals surface area contributed by atoms with Gasteiger partial charge in [0.2, 0.25) is 6.10 Å². The Bertz CT molecular complexity index is 4390. The lowest BCUT2D eigenvalue weighted by Crippen LogP contribution is -2.40. The zero-order valence-electron chi connectivity index (χ0n) is 66.8. The van der Waals surface area contributed by atoms with Gasteiger partial charge in [0.05, 0.1) is 76.9 Å². The molecule has 0 saturated heterocycles. The van der Waals surface area contributed by atoms with Crippen LogP contribution in [0.4, 0.5) is 13.2 Å². The molecule has 4 atom stereocenters. The van der Waals surface area contributed by atoms with Crippen LogP contribution in [0, 0.1) is 24.7 Å². The summed E-state index contributed by atoms with van der Waals surface area (Å²) in [5.74, 6) is 0.593. The summed E-state index contributed by atoms with van der Waals surface area (Å²) in [6.45, 7) is 24.4. The van der Waals surface area contributed by atoms with Crippen LogP contribution in [0.1, 0.15) is 207 Å². The number of halogens is 3. The number of fused-ring (bicyclic) bond motifs is 1. The smallest absolute Gasteiger partial charge is 0.426 e. The van der Waals surface area contributed by atoms with Crippen LogP contribution in [0.3, 0.4) is 0 Å². The summed E-state index contributed by atoms with van der Waals surface area (Å²) in [7, 11) is 1.13. The number of benzene rings is 10. The second kappa shape index (κ2) is 56.7. The van der Waals surface area contributed by atoms with Gasteiger partial charge >= 0.3 is 24.1 Å². The third-order valence-corrected chi connectivity index (χ3v) is 23.4. The first-order chi connectivity index (χ1) is 52.6. The molecule has 1 N–H and O–H groups in total. The molecule has 14 nitrogen and oxygen atoms in total. The molecule has 0 fully saturated rings. The minimum atomic E-state index is -5.27. The van der Waals surface area contributed by atoms with Crippen LogP contribution in [-0.2, 0) is 60.5 Å². The highest BCUT2D eigenvalue weighted by molar-refractivity contribution is 7.97. The Balaban J connectivity index is -0.000000669. The molecule has 0 aliphatic carbocycles. The highest BCUT2D eigenvalue weighted by atomic mass is 32.2. The molecule has 10 aromatic carbocycles. The van der Waals surface area contributed by atoms with Gasteiger partial charge in [0.25, 0.3) is 0 Å². The maximum Gasteiger partial charge on any atom is 0.426 e. The largest absolute Gasteiger partial charge is 0.748 e. The third-order valence-electron chi connectivity index (χ3n) is 18.3. The Labute approximate surface area is 720 Å². The molecule has 0 amide bonds. The highest BCUT2D eigenvalue weighted by Gasteiger charge is 2.44. The van der Waals surface area contributed by atoms with Crippen molar-refractivity contribution in [3.63, 3.8) is 0 Å². The van der Waals surface area contributed by atoms with Gasteiger partial charge in [-0.1, -0.05) is 234 Å². The fraction of sp³-hybridized carbons (Fsp3) is 0.384. The quantitative estimate of drug-likeness (QED) is 0.0246. The van der Waals surface area contributed by atoms with Gasteiger partial charge < -0.3 is 42.8 Å². The van der Waals surface area contributed by atoms with E-state index < -0.39 is 57.5 Å². The number of esters is 3. The van der Waals surface area contributed by atoms with Gasteiger partial charge in [0, 0.05) is 24.3 Å². The van der Waals surface area contributed by atoms with Gasteiger partial charge in [-0.15, -0.1) is 0 Å². The number of carbonyl (C=O) groups is 3. The van der Waals surface area contributed by atoms with E-state index in [0.717, 1.165) is 41.4 Å². The van der Waals surface area contributed by atoms with Crippen molar-refractivity contribution < 1.29 is 78.8 Å². The Morgan fingerprint density at radius 1 is 0.420 bits per heavy atom. The molecule has 20 heteroatoms.